The summed E-state index contributed by atoms with van der Waals surface area (Å²) in [4.78, 5) is 23.9. The molecule has 0 bridgehead atoms. The number of nitrogens with one attached hydrogen (secondary N) is 2. The predicted octanol–water partition coefficient (Wildman–Crippen LogP) is 0.713. The minimum Gasteiger partial charge on any atom is -0.341 e. The van der Waals surface area contributed by atoms with Crippen molar-refractivity contribution in [3.05, 3.63) is 35.6 Å². The van der Waals surface area contributed by atoms with Gasteiger partial charge in [-0.25, -0.2) is 9.18 Å². The molecular weight excluding hydrogens is 237 g/mol. The van der Waals surface area contributed by atoms with Gasteiger partial charge in [0.2, 0.25) is 5.91 Å². The third-order valence-electron chi connectivity index (χ3n) is 2.29. The molecule has 1 aromatic rings. The Morgan fingerprint density at radius 2 is 2.00 bits per heavy atom. The molecule has 0 radical (unpaired) electrons. The zero-order chi connectivity index (χ0) is 13.5. The maximum atomic E-state index is 13.4. The van der Waals surface area contributed by atoms with Crippen LogP contribution in [0.4, 0.5) is 9.18 Å². The van der Waals surface area contributed by atoms with Gasteiger partial charge in [-0.3, -0.25) is 15.0 Å². The number of urea groups is 1. The standard InChI is InChI=1S/C12H16FN3O2/c1-14-12(18)15-11(17)8-16(2)7-9-5-3-4-6-10(9)13/h3-6H,7-8H2,1-2H3,(H2,14,15,17,18). The first-order valence-corrected chi connectivity index (χ1v) is 5.46. The second-order valence-corrected chi connectivity index (χ2v) is 3.89. The molecule has 5 nitrogen and oxygen atoms in total. The van der Waals surface area contributed by atoms with Crippen LogP contribution in [0.25, 0.3) is 0 Å². The number of likely N-dealkylation sites (N-methyl/N-ethyl adjacent to an activating group) is 1. The van der Waals surface area contributed by atoms with Crippen molar-refractivity contribution in [1.82, 2.24) is 15.5 Å². The number of imide groups is 1. The van der Waals surface area contributed by atoms with Crippen LogP contribution in [-0.2, 0) is 11.3 Å². The van der Waals surface area contributed by atoms with Gasteiger partial charge in [0, 0.05) is 19.2 Å². The fraction of sp³-hybridized carbons (Fsp3) is 0.333. The van der Waals surface area contributed by atoms with Crippen LogP contribution < -0.4 is 10.6 Å². The summed E-state index contributed by atoms with van der Waals surface area (Å²) < 4.78 is 13.4. The average molecular weight is 253 g/mol. The number of hydrogen-bond acceptors (Lipinski definition) is 3. The van der Waals surface area contributed by atoms with Crippen molar-refractivity contribution >= 4 is 11.9 Å². The van der Waals surface area contributed by atoms with E-state index in [1.165, 1.54) is 13.1 Å². The Labute approximate surface area is 105 Å². The van der Waals surface area contributed by atoms with Crippen LogP contribution in [0.1, 0.15) is 5.56 Å². The summed E-state index contributed by atoms with van der Waals surface area (Å²) in [5.74, 6) is -0.746. The Kier molecular flexibility index (Phi) is 5.26. The summed E-state index contributed by atoms with van der Waals surface area (Å²) in [5, 5.41) is 4.42. The van der Waals surface area contributed by atoms with Gasteiger partial charge in [0.1, 0.15) is 5.82 Å². The summed E-state index contributed by atoms with van der Waals surface area (Å²) in [6, 6.07) is 5.81. The SMILES string of the molecule is CNC(=O)NC(=O)CN(C)Cc1ccccc1F. The van der Waals surface area contributed by atoms with E-state index in [9.17, 15) is 14.0 Å². The van der Waals surface area contributed by atoms with Crippen molar-refractivity contribution in [3.63, 3.8) is 0 Å². The molecule has 0 aliphatic heterocycles. The Morgan fingerprint density at radius 3 is 2.61 bits per heavy atom. The maximum Gasteiger partial charge on any atom is 0.321 e. The minimum absolute atomic E-state index is 0.0156. The van der Waals surface area contributed by atoms with E-state index in [1.807, 2.05) is 0 Å². The van der Waals surface area contributed by atoms with E-state index < -0.39 is 11.9 Å². The molecule has 3 amide bonds. The molecule has 2 N–H and O–H groups in total. The van der Waals surface area contributed by atoms with Crippen molar-refractivity contribution < 1.29 is 14.0 Å². The molecule has 1 aromatic carbocycles. The average Bonchev–Trinajstić information content (AvgIpc) is 2.31. The molecule has 0 aliphatic rings. The first kappa shape index (κ1) is 14.1. The van der Waals surface area contributed by atoms with Gasteiger partial charge in [-0.2, -0.15) is 0 Å². The Bertz CT molecular complexity index is 437. The van der Waals surface area contributed by atoms with Gasteiger partial charge in [0.05, 0.1) is 6.54 Å². The Balaban J connectivity index is 2.47. The molecule has 0 saturated heterocycles. The van der Waals surface area contributed by atoms with E-state index in [0.29, 0.717) is 12.1 Å². The van der Waals surface area contributed by atoms with Crippen LogP contribution in [0.3, 0.4) is 0 Å². The van der Waals surface area contributed by atoms with Crippen LogP contribution >= 0.6 is 0 Å². The highest BCUT2D eigenvalue weighted by Crippen LogP contribution is 2.08. The van der Waals surface area contributed by atoms with Crippen molar-refractivity contribution in [2.24, 2.45) is 0 Å². The molecule has 0 spiro atoms. The number of benzene rings is 1. The second-order valence-electron chi connectivity index (χ2n) is 3.89. The van der Waals surface area contributed by atoms with Crippen LogP contribution in [-0.4, -0.2) is 37.5 Å². The van der Waals surface area contributed by atoms with Gasteiger partial charge in [0.25, 0.3) is 0 Å². The molecular formula is C12H16FN3O2. The summed E-state index contributed by atoms with van der Waals surface area (Å²) in [6.45, 7) is 0.315. The Hall–Kier alpha value is -1.95. The molecule has 0 aromatic heterocycles. The lowest BCUT2D eigenvalue weighted by Crippen LogP contribution is -2.42. The minimum atomic E-state index is -0.556. The van der Waals surface area contributed by atoms with E-state index >= 15 is 0 Å². The summed E-state index contributed by atoms with van der Waals surface area (Å²) in [5.41, 5.74) is 0.507. The lowest BCUT2D eigenvalue weighted by Gasteiger charge is -2.16. The van der Waals surface area contributed by atoms with Gasteiger partial charge >= 0.3 is 6.03 Å². The smallest absolute Gasteiger partial charge is 0.321 e. The third kappa shape index (κ3) is 4.50. The van der Waals surface area contributed by atoms with Crippen LogP contribution in [0.5, 0.6) is 0 Å². The summed E-state index contributed by atoms with van der Waals surface area (Å²) in [6.07, 6.45) is 0. The number of halogens is 1. The molecule has 6 heteroatoms. The van der Waals surface area contributed by atoms with Crippen LogP contribution in [0.2, 0.25) is 0 Å². The quantitative estimate of drug-likeness (QED) is 0.831. The molecule has 0 saturated carbocycles. The molecule has 18 heavy (non-hydrogen) atoms. The number of hydrogen-bond donors (Lipinski definition) is 2. The van der Waals surface area contributed by atoms with E-state index in [2.05, 4.69) is 10.6 Å². The molecule has 98 valence electrons. The number of amides is 3. The van der Waals surface area contributed by atoms with Gasteiger partial charge in [-0.15, -0.1) is 0 Å². The maximum absolute atomic E-state index is 13.4. The fourth-order valence-electron chi connectivity index (χ4n) is 1.45. The van der Waals surface area contributed by atoms with Crippen molar-refractivity contribution in [2.75, 3.05) is 20.6 Å². The van der Waals surface area contributed by atoms with Crippen LogP contribution in [0.15, 0.2) is 24.3 Å². The molecule has 0 aliphatic carbocycles. The number of carbonyl (C=O) groups excluding carboxylic acids is 2. The van der Waals surface area contributed by atoms with Gasteiger partial charge in [0.15, 0.2) is 0 Å². The lowest BCUT2D eigenvalue weighted by atomic mass is 10.2. The van der Waals surface area contributed by atoms with Gasteiger partial charge < -0.3 is 5.32 Å². The van der Waals surface area contributed by atoms with E-state index in [1.54, 1.807) is 30.1 Å². The second kappa shape index (κ2) is 6.70. The highest BCUT2D eigenvalue weighted by molar-refractivity contribution is 5.95. The largest absolute Gasteiger partial charge is 0.341 e. The van der Waals surface area contributed by atoms with Crippen LogP contribution in [0, 0.1) is 5.82 Å². The van der Waals surface area contributed by atoms with Crippen molar-refractivity contribution in [3.8, 4) is 0 Å². The highest BCUT2D eigenvalue weighted by Gasteiger charge is 2.11. The summed E-state index contributed by atoms with van der Waals surface area (Å²) >= 11 is 0. The molecule has 0 unspecified atom stereocenters. The first-order chi connectivity index (χ1) is 8.52. The van der Waals surface area contributed by atoms with E-state index in [-0.39, 0.29) is 12.4 Å². The topological polar surface area (TPSA) is 61.4 Å². The van der Waals surface area contributed by atoms with Gasteiger partial charge in [-0.1, -0.05) is 18.2 Å². The number of rotatable bonds is 4. The molecule has 0 heterocycles. The zero-order valence-electron chi connectivity index (χ0n) is 10.4. The molecule has 0 atom stereocenters. The van der Waals surface area contributed by atoms with E-state index in [0.717, 1.165) is 0 Å². The first-order valence-electron chi connectivity index (χ1n) is 5.46. The predicted molar refractivity (Wildman–Crippen MR) is 65.3 cm³/mol. The van der Waals surface area contributed by atoms with E-state index in [4.69, 9.17) is 0 Å². The lowest BCUT2D eigenvalue weighted by molar-refractivity contribution is -0.120. The molecule has 1 rings (SSSR count). The molecule has 0 fully saturated rings. The van der Waals surface area contributed by atoms with Crippen molar-refractivity contribution in [2.45, 2.75) is 6.54 Å². The zero-order valence-corrected chi connectivity index (χ0v) is 10.4. The fourth-order valence-corrected chi connectivity index (χ4v) is 1.45. The third-order valence-corrected chi connectivity index (χ3v) is 2.29. The highest BCUT2D eigenvalue weighted by atomic mass is 19.1. The Morgan fingerprint density at radius 1 is 1.33 bits per heavy atom. The normalized spacial score (nSPS) is 10.2. The van der Waals surface area contributed by atoms with Gasteiger partial charge in [-0.05, 0) is 13.1 Å². The number of carbonyl (C=O) groups is 2. The summed E-state index contributed by atoms with van der Waals surface area (Å²) in [7, 11) is 3.10. The number of nitrogens with zero attached hydrogens (tertiary/aromatic N) is 1. The van der Waals surface area contributed by atoms with Crippen molar-refractivity contribution in [1.29, 1.82) is 0 Å². The monoisotopic (exact) mass is 253 g/mol.